The van der Waals surface area contributed by atoms with E-state index in [4.69, 9.17) is 4.74 Å². The molecular weight excluding hydrogens is 272 g/mol. The van der Waals surface area contributed by atoms with E-state index in [9.17, 15) is 9.59 Å². The minimum absolute atomic E-state index is 0.0617. The largest absolute Gasteiger partial charge is 0.486 e. The monoisotopic (exact) mass is 290 g/mol. The minimum Gasteiger partial charge on any atom is -0.486 e. The van der Waals surface area contributed by atoms with Crippen LogP contribution in [0, 0.1) is 0 Å². The van der Waals surface area contributed by atoms with Crippen molar-refractivity contribution in [2.24, 2.45) is 0 Å². The molecular formula is C15H18N2O4. The fourth-order valence-electron chi connectivity index (χ4n) is 2.90. The van der Waals surface area contributed by atoms with Crippen LogP contribution < -0.4 is 15.4 Å². The van der Waals surface area contributed by atoms with Gasteiger partial charge >= 0.3 is 6.09 Å². The maximum Gasteiger partial charge on any atom is 0.411 e. The normalized spacial score (nSPS) is 19.6. The zero-order chi connectivity index (χ0) is 14.9. The van der Waals surface area contributed by atoms with Crippen molar-refractivity contribution in [3.63, 3.8) is 0 Å². The topological polar surface area (TPSA) is 76.7 Å². The maximum absolute atomic E-state index is 12.4. The van der Waals surface area contributed by atoms with Gasteiger partial charge in [0.05, 0.1) is 19.1 Å². The first-order chi connectivity index (χ1) is 10.1. The SMILES string of the molecule is COC(=O)Nc1ccc2c(c1)C(=O)CC1(CCNCC1)O2. The van der Waals surface area contributed by atoms with E-state index in [1.165, 1.54) is 7.11 Å². The first kappa shape index (κ1) is 13.9. The van der Waals surface area contributed by atoms with Crippen LogP contribution in [0.1, 0.15) is 29.6 Å². The van der Waals surface area contributed by atoms with Gasteiger partial charge in [0.2, 0.25) is 0 Å². The molecule has 2 heterocycles. The number of carbonyl (C=O) groups excluding carboxylic acids is 2. The Bertz CT molecular complexity index is 579. The summed E-state index contributed by atoms with van der Waals surface area (Å²) in [5.74, 6) is 0.662. The summed E-state index contributed by atoms with van der Waals surface area (Å²) in [7, 11) is 1.29. The maximum atomic E-state index is 12.4. The molecule has 0 bridgehead atoms. The fraction of sp³-hybridized carbons (Fsp3) is 0.467. The van der Waals surface area contributed by atoms with E-state index < -0.39 is 6.09 Å². The third kappa shape index (κ3) is 2.71. The lowest BCUT2D eigenvalue weighted by Gasteiger charge is -2.40. The van der Waals surface area contributed by atoms with E-state index in [0.717, 1.165) is 25.9 Å². The van der Waals surface area contributed by atoms with Gasteiger partial charge in [-0.25, -0.2) is 4.79 Å². The van der Waals surface area contributed by atoms with E-state index in [-0.39, 0.29) is 11.4 Å². The Morgan fingerprint density at radius 2 is 2.14 bits per heavy atom. The first-order valence-corrected chi connectivity index (χ1v) is 7.04. The van der Waals surface area contributed by atoms with Crippen molar-refractivity contribution in [2.75, 3.05) is 25.5 Å². The van der Waals surface area contributed by atoms with Crippen molar-refractivity contribution >= 4 is 17.6 Å². The highest BCUT2D eigenvalue weighted by atomic mass is 16.5. The summed E-state index contributed by atoms with van der Waals surface area (Å²) < 4.78 is 10.7. The van der Waals surface area contributed by atoms with Crippen LogP contribution in [0.2, 0.25) is 0 Å². The number of nitrogens with one attached hydrogen (secondary N) is 2. The molecule has 0 radical (unpaired) electrons. The number of hydrogen-bond donors (Lipinski definition) is 2. The molecule has 1 saturated heterocycles. The highest BCUT2D eigenvalue weighted by Crippen LogP contribution is 2.39. The number of piperidine rings is 1. The summed E-state index contributed by atoms with van der Waals surface area (Å²) in [4.78, 5) is 23.6. The molecule has 6 heteroatoms. The number of Topliss-reactive ketones (excluding diaryl/α,β-unsaturated/α-hetero) is 1. The lowest BCUT2D eigenvalue weighted by Crippen LogP contribution is -2.49. The van der Waals surface area contributed by atoms with Gasteiger partial charge in [-0.05, 0) is 31.3 Å². The summed E-state index contributed by atoms with van der Waals surface area (Å²) in [6.07, 6.45) is 1.50. The van der Waals surface area contributed by atoms with E-state index in [1.54, 1.807) is 18.2 Å². The van der Waals surface area contributed by atoms with Crippen LogP contribution in [0.3, 0.4) is 0 Å². The molecule has 112 valence electrons. The van der Waals surface area contributed by atoms with Crippen LogP contribution in [-0.4, -0.2) is 37.7 Å². The Morgan fingerprint density at radius 3 is 2.86 bits per heavy atom. The van der Waals surface area contributed by atoms with Crippen LogP contribution in [0.4, 0.5) is 10.5 Å². The molecule has 2 N–H and O–H groups in total. The van der Waals surface area contributed by atoms with Crippen molar-refractivity contribution in [3.8, 4) is 5.75 Å². The molecule has 1 spiro atoms. The van der Waals surface area contributed by atoms with Crippen LogP contribution in [0.15, 0.2) is 18.2 Å². The first-order valence-electron chi connectivity index (χ1n) is 7.04. The molecule has 6 nitrogen and oxygen atoms in total. The molecule has 0 aromatic heterocycles. The Morgan fingerprint density at radius 1 is 1.38 bits per heavy atom. The average Bonchev–Trinajstić information content (AvgIpc) is 2.48. The van der Waals surface area contributed by atoms with Crippen molar-refractivity contribution < 1.29 is 19.1 Å². The number of methoxy groups -OCH3 is 1. The molecule has 1 fully saturated rings. The summed E-state index contributed by atoms with van der Waals surface area (Å²) in [5, 5.41) is 5.83. The highest BCUT2D eigenvalue weighted by Gasteiger charge is 2.41. The Kier molecular flexibility index (Phi) is 3.55. The molecule has 0 atom stereocenters. The number of rotatable bonds is 1. The second kappa shape index (κ2) is 5.37. The quantitative estimate of drug-likeness (QED) is 0.826. The van der Waals surface area contributed by atoms with Crippen molar-refractivity contribution in [3.05, 3.63) is 23.8 Å². The van der Waals surface area contributed by atoms with Gasteiger partial charge in [0.1, 0.15) is 11.4 Å². The van der Waals surface area contributed by atoms with Gasteiger partial charge < -0.3 is 14.8 Å². The number of hydrogen-bond acceptors (Lipinski definition) is 5. The molecule has 1 aromatic carbocycles. The highest BCUT2D eigenvalue weighted by molar-refractivity contribution is 6.02. The van der Waals surface area contributed by atoms with E-state index in [2.05, 4.69) is 15.4 Å². The molecule has 0 saturated carbocycles. The minimum atomic E-state index is -0.561. The standard InChI is InChI=1S/C15H18N2O4/c1-20-14(19)17-10-2-3-13-11(8-10)12(18)9-15(21-13)4-6-16-7-5-15/h2-3,8,16H,4-7,9H2,1H3,(H,17,19). The van der Waals surface area contributed by atoms with Gasteiger partial charge in [-0.1, -0.05) is 0 Å². The van der Waals surface area contributed by atoms with Crippen LogP contribution in [-0.2, 0) is 4.74 Å². The number of ketones is 1. The molecule has 21 heavy (non-hydrogen) atoms. The van der Waals surface area contributed by atoms with Crippen LogP contribution in [0.5, 0.6) is 5.75 Å². The van der Waals surface area contributed by atoms with E-state index >= 15 is 0 Å². The van der Waals surface area contributed by atoms with Crippen LogP contribution in [0.25, 0.3) is 0 Å². The van der Waals surface area contributed by atoms with E-state index in [1.807, 2.05) is 0 Å². The van der Waals surface area contributed by atoms with Crippen LogP contribution >= 0.6 is 0 Å². The van der Waals surface area contributed by atoms with Crippen molar-refractivity contribution in [2.45, 2.75) is 24.9 Å². The Labute approximate surface area is 122 Å². The Hall–Kier alpha value is -2.08. The van der Waals surface area contributed by atoms with Gasteiger partial charge in [-0.2, -0.15) is 0 Å². The molecule has 0 aliphatic carbocycles. The summed E-state index contributed by atoms with van der Waals surface area (Å²) >= 11 is 0. The molecule has 1 amide bonds. The van der Waals surface area contributed by atoms with Gasteiger partial charge in [0.15, 0.2) is 5.78 Å². The zero-order valence-corrected chi connectivity index (χ0v) is 11.9. The molecule has 0 unspecified atom stereocenters. The average molecular weight is 290 g/mol. The fourth-order valence-corrected chi connectivity index (χ4v) is 2.90. The second-order valence-corrected chi connectivity index (χ2v) is 5.46. The lowest BCUT2D eigenvalue weighted by molar-refractivity contribution is 0.0187. The Balaban J connectivity index is 1.85. The second-order valence-electron chi connectivity index (χ2n) is 5.46. The molecule has 2 aliphatic heterocycles. The molecule has 3 rings (SSSR count). The van der Waals surface area contributed by atoms with Gasteiger partial charge in [0.25, 0.3) is 0 Å². The third-order valence-electron chi connectivity index (χ3n) is 4.04. The van der Waals surface area contributed by atoms with E-state index in [0.29, 0.717) is 23.4 Å². The number of anilines is 1. The smallest absolute Gasteiger partial charge is 0.411 e. The predicted octanol–water partition coefficient (Wildman–Crippen LogP) is 1.95. The van der Waals surface area contributed by atoms with Crippen molar-refractivity contribution in [1.82, 2.24) is 5.32 Å². The number of fused-ring (bicyclic) bond motifs is 1. The molecule has 1 aromatic rings. The molecule has 2 aliphatic rings. The number of amides is 1. The summed E-state index contributed by atoms with van der Waals surface area (Å²) in [6.45, 7) is 1.73. The third-order valence-corrected chi connectivity index (χ3v) is 4.04. The predicted molar refractivity (Wildman–Crippen MR) is 76.9 cm³/mol. The van der Waals surface area contributed by atoms with Gasteiger partial charge in [-0.15, -0.1) is 0 Å². The zero-order valence-electron chi connectivity index (χ0n) is 11.9. The number of benzene rings is 1. The van der Waals surface area contributed by atoms with Crippen molar-refractivity contribution in [1.29, 1.82) is 0 Å². The van der Waals surface area contributed by atoms with Gasteiger partial charge in [0, 0.05) is 18.5 Å². The lowest BCUT2D eigenvalue weighted by atomic mass is 9.83. The summed E-state index contributed by atoms with van der Waals surface area (Å²) in [5.41, 5.74) is 0.680. The number of ether oxygens (including phenoxy) is 2. The summed E-state index contributed by atoms with van der Waals surface area (Å²) in [6, 6.07) is 5.09. The van der Waals surface area contributed by atoms with Gasteiger partial charge in [-0.3, -0.25) is 10.1 Å². The number of carbonyl (C=O) groups is 2.